The molecule has 1 aliphatic carbocycles. The van der Waals surface area contributed by atoms with Crippen LogP contribution < -0.4 is 0 Å². The van der Waals surface area contributed by atoms with Crippen LogP contribution in [0.1, 0.15) is 58.3 Å². The molecule has 0 heterocycles. The van der Waals surface area contributed by atoms with Gasteiger partial charge in [-0.3, -0.25) is 0 Å². The number of hydrogen-bond acceptors (Lipinski definition) is 2. The van der Waals surface area contributed by atoms with Crippen molar-refractivity contribution in [2.24, 2.45) is 0 Å². The molecule has 0 fully saturated rings. The van der Waals surface area contributed by atoms with Gasteiger partial charge in [-0.1, -0.05) is 45.1 Å². The van der Waals surface area contributed by atoms with Crippen LogP contribution in [0.3, 0.4) is 0 Å². The van der Waals surface area contributed by atoms with Gasteiger partial charge in [-0.2, -0.15) is 0 Å². The lowest BCUT2D eigenvalue weighted by Gasteiger charge is -2.12. The fourth-order valence-electron chi connectivity index (χ4n) is 1.61. The molecule has 0 aromatic carbocycles. The Hall–Kier alpha value is -0.790. The average Bonchev–Trinajstić information content (AvgIpc) is 2.14. The highest BCUT2D eigenvalue weighted by atomic mass is 16.5. The Bertz CT molecular complexity index is 219. The Morgan fingerprint density at radius 1 is 1.27 bits per heavy atom. The smallest absolute Gasteiger partial charge is 0.333 e. The van der Waals surface area contributed by atoms with Crippen LogP contribution in [0, 0.1) is 0 Å². The molecule has 0 N–H and O–H groups in total. The maximum Gasteiger partial charge on any atom is 0.333 e. The maximum atomic E-state index is 11.3. The summed E-state index contributed by atoms with van der Waals surface area (Å²) in [5.74, 6) is -0.0881. The molecule has 0 amide bonds. The third kappa shape index (κ3) is 5.01. The molecule has 0 spiro atoms. The molecule has 2 nitrogen and oxygen atoms in total. The lowest BCUT2D eigenvalue weighted by Crippen LogP contribution is -2.12. The van der Waals surface area contributed by atoms with Gasteiger partial charge in [0.05, 0.1) is 6.61 Å². The van der Waals surface area contributed by atoms with E-state index in [1.807, 2.05) is 6.08 Å². The van der Waals surface area contributed by atoms with Gasteiger partial charge in [-0.15, -0.1) is 0 Å². The quantitative estimate of drug-likeness (QED) is 0.452. The van der Waals surface area contributed by atoms with Crippen molar-refractivity contribution < 1.29 is 9.53 Å². The number of unbranched alkanes of at least 4 members (excludes halogenated alkanes) is 5. The maximum absolute atomic E-state index is 11.3. The molecule has 1 aliphatic rings. The number of carbonyl (C=O) groups excluding carboxylic acids is 1. The Morgan fingerprint density at radius 3 is 2.53 bits per heavy atom. The fraction of sp³-hybridized carbons (Fsp3) is 0.769. The molecule has 0 bridgehead atoms. The summed E-state index contributed by atoms with van der Waals surface area (Å²) in [6.07, 6.45) is 11.3. The minimum absolute atomic E-state index is 0.0881. The lowest BCUT2D eigenvalue weighted by molar-refractivity contribution is -0.139. The van der Waals surface area contributed by atoms with E-state index in [0.29, 0.717) is 6.61 Å². The molecule has 0 aliphatic heterocycles. The van der Waals surface area contributed by atoms with Gasteiger partial charge in [-0.25, -0.2) is 4.79 Å². The zero-order valence-corrected chi connectivity index (χ0v) is 9.76. The molecule has 0 radical (unpaired) electrons. The zero-order valence-electron chi connectivity index (χ0n) is 9.76. The Kier molecular flexibility index (Phi) is 6.14. The van der Waals surface area contributed by atoms with Crippen molar-refractivity contribution in [2.75, 3.05) is 6.61 Å². The second-order valence-corrected chi connectivity index (χ2v) is 4.17. The number of carbonyl (C=O) groups is 1. The summed E-state index contributed by atoms with van der Waals surface area (Å²) >= 11 is 0. The Morgan fingerprint density at radius 2 is 1.93 bits per heavy atom. The molecule has 0 aromatic rings. The second-order valence-electron chi connectivity index (χ2n) is 4.17. The normalized spacial score (nSPS) is 14.3. The van der Waals surface area contributed by atoms with Gasteiger partial charge in [0.1, 0.15) is 0 Å². The van der Waals surface area contributed by atoms with Crippen LogP contribution in [-0.2, 0) is 9.53 Å². The van der Waals surface area contributed by atoms with E-state index in [0.717, 1.165) is 24.8 Å². The predicted molar refractivity (Wildman–Crippen MR) is 61.7 cm³/mol. The van der Waals surface area contributed by atoms with Crippen LogP contribution in [0.4, 0.5) is 0 Å². The van der Waals surface area contributed by atoms with E-state index >= 15 is 0 Å². The van der Waals surface area contributed by atoms with Crippen LogP contribution in [0.15, 0.2) is 11.6 Å². The fourth-order valence-corrected chi connectivity index (χ4v) is 1.61. The van der Waals surface area contributed by atoms with Gasteiger partial charge in [0.2, 0.25) is 0 Å². The van der Waals surface area contributed by atoms with Gasteiger partial charge in [0.15, 0.2) is 0 Å². The van der Waals surface area contributed by atoms with Gasteiger partial charge in [0, 0.05) is 5.57 Å². The number of esters is 1. The predicted octanol–water partition coefficient (Wildman–Crippen LogP) is 3.61. The largest absolute Gasteiger partial charge is 0.462 e. The van der Waals surface area contributed by atoms with E-state index in [-0.39, 0.29) is 5.97 Å². The standard InChI is InChI=1S/C13H22O2/c1-2-3-4-5-6-7-11-15-13(14)12-9-8-10-12/h9H,2-8,10-11H2,1H3. The first-order valence-electron chi connectivity index (χ1n) is 6.20. The van der Waals surface area contributed by atoms with E-state index in [1.165, 1.54) is 32.1 Å². The lowest BCUT2D eigenvalue weighted by atomic mass is 10.00. The van der Waals surface area contributed by atoms with E-state index in [1.54, 1.807) is 0 Å². The second kappa shape index (κ2) is 7.49. The van der Waals surface area contributed by atoms with Gasteiger partial charge >= 0.3 is 5.97 Å². The number of hydrogen-bond donors (Lipinski definition) is 0. The first-order valence-corrected chi connectivity index (χ1v) is 6.20. The first-order chi connectivity index (χ1) is 7.34. The highest BCUT2D eigenvalue weighted by Gasteiger charge is 2.15. The molecular formula is C13H22O2. The molecule has 86 valence electrons. The Balaban J connectivity index is 1.86. The summed E-state index contributed by atoms with van der Waals surface area (Å²) in [5, 5.41) is 0. The van der Waals surface area contributed by atoms with E-state index < -0.39 is 0 Å². The highest BCUT2D eigenvalue weighted by Crippen LogP contribution is 2.19. The summed E-state index contributed by atoms with van der Waals surface area (Å²) in [4.78, 5) is 11.3. The molecule has 0 unspecified atom stereocenters. The van der Waals surface area contributed by atoms with E-state index in [2.05, 4.69) is 6.92 Å². The van der Waals surface area contributed by atoms with Crippen molar-refractivity contribution in [3.05, 3.63) is 11.6 Å². The average molecular weight is 210 g/mol. The van der Waals surface area contributed by atoms with Crippen molar-refractivity contribution in [3.63, 3.8) is 0 Å². The number of ether oxygens (including phenoxy) is 1. The summed E-state index contributed by atoms with van der Waals surface area (Å²) in [5.41, 5.74) is 0.876. The zero-order chi connectivity index (χ0) is 10.9. The van der Waals surface area contributed by atoms with Crippen LogP contribution >= 0.6 is 0 Å². The van der Waals surface area contributed by atoms with Crippen LogP contribution in [-0.4, -0.2) is 12.6 Å². The van der Waals surface area contributed by atoms with Crippen molar-refractivity contribution in [1.29, 1.82) is 0 Å². The molecule has 2 heteroatoms. The molecule has 0 saturated heterocycles. The molecule has 15 heavy (non-hydrogen) atoms. The monoisotopic (exact) mass is 210 g/mol. The first kappa shape index (κ1) is 12.3. The number of allylic oxidation sites excluding steroid dienone is 1. The molecule has 0 aromatic heterocycles. The summed E-state index contributed by atoms with van der Waals surface area (Å²) in [6, 6.07) is 0. The SMILES string of the molecule is CCCCCCCCOC(=O)C1=CCC1. The highest BCUT2D eigenvalue weighted by molar-refractivity contribution is 5.89. The van der Waals surface area contributed by atoms with Crippen LogP contribution in [0.2, 0.25) is 0 Å². The number of rotatable bonds is 8. The Labute approximate surface area is 92.7 Å². The summed E-state index contributed by atoms with van der Waals surface area (Å²) in [7, 11) is 0. The minimum Gasteiger partial charge on any atom is -0.462 e. The van der Waals surface area contributed by atoms with Crippen molar-refractivity contribution in [2.45, 2.75) is 58.3 Å². The molecular weight excluding hydrogens is 188 g/mol. The van der Waals surface area contributed by atoms with Crippen molar-refractivity contribution in [1.82, 2.24) is 0 Å². The van der Waals surface area contributed by atoms with Crippen molar-refractivity contribution in [3.8, 4) is 0 Å². The van der Waals surface area contributed by atoms with Gasteiger partial charge in [-0.05, 0) is 19.3 Å². The van der Waals surface area contributed by atoms with Crippen LogP contribution in [0.25, 0.3) is 0 Å². The third-order valence-electron chi connectivity index (χ3n) is 2.80. The summed E-state index contributed by atoms with van der Waals surface area (Å²) < 4.78 is 5.15. The van der Waals surface area contributed by atoms with Gasteiger partial charge < -0.3 is 4.74 Å². The topological polar surface area (TPSA) is 26.3 Å². The molecule has 0 atom stereocenters. The molecule has 1 rings (SSSR count). The summed E-state index contributed by atoms with van der Waals surface area (Å²) in [6.45, 7) is 2.82. The molecule has 0 saturated carbocycles. The minimum atomic E-state index is -0.0881. The third-order valence-corrected chi connectivity index (χ3v) is 2.80. The van der Waals surface area contributed by atoms with Crippen molar-refractivity contribution >= 4 is 5.97 Å². The van der Waals surface area contributed by atoms with Crippen LogP contribution in [0.5, 0.6) is 0 Å². The van der Waals surface area contributed by atoms with E-state index in [9.17, 15) is 4.79 Å². The van der Waals surface area contributed by atoms with Gasteiger partial charge in [0.25, 0.3) is 0 Å². The van der Waals surface area contributed by atoms with E-state index in [4.69, 9.17) is 4.74 Å².